The fraction of sp³-hybridized carbons (Fsp3) is 0.458. The van der Waals surface area contributed by atoms with Crippen LogP contribution in [0, 0.1) is 13.8 Å². The van der Waals surface area contributed by atoms with Crippen molar-refractivity contribution in [3.8, 4) is 11.1 Å². The Balaban J connectivity index is 1.65. The van der Waals surface area contributed by atoms with Gasteiger partial charge in [-0.05, 0) is 57.2 Å². The van der Waals surface area contributed by atoms with Crippen molar-refractivity contribution in [2.75, 3.05) is 25.5 Å². The molecule has 32 heavy (non-hydrogen) atoms. The van der Waals surface area contributed by atoms with Gasteiger partial charge in [-0.3, -0.25) is 9.78 Å². The lowest BCUT2D eigenvalue weighted by Gasteiger charge is -2.36. The first-order valence-corrected chi connectivity index (χ1v) is 11.1. The van der Waals surface area contributed by atoms with Crippen molar-refractivity contribution in [3.63, 3.8) is 0 Å². The fourth-order valence-electron chi connectivity index (χ4n) is 4.36. The molecule has 1 aliphatic heterocycles. The molecule has 0 N–H and O–H groups in total. The van der Waals surface area contributed by atoms with Gasteiger partial charge in [0.1, 0.15) is 5.76 Å². The fourth-order valence-corrected chi connectivity index (χ4v) is 4.36. The maximum Gasteiger partial charge on any atom is 0.225 e. The summed E-state index contributed by atoms with van der Waals surface area (Å²) in [6.07, 6.45) is 9.42. The minimum Gasteiger partial charge on any atom is -0.361 e. The molecule has 0 radical (unpaired) electrons. The van der Waals surface area contributed by atoms with E-state index in [0.717, 1.165) is 59.6 Å². The highest BCUT2D eigenvalue weighted by molar-refractivity contribution is 5.78. The third-order valence-corrected chi connectivity index (χ3v) is 6.11. The van der Waals surface area contributed by atoms with Crippen LogP contribution in [-0.4, -0.2) is 51.6 Å². The van der Waals surface area contributed by atoms with Gasteiger partial charge in [-0.25, -0.2) is 9.97 Å². The quantitative estimate of drug-likeness (QED) is 0.581. The zero-order chi connectivity index (χ0) is 22.7. The Hall–Kier alpha value is -3.29. The molecule has 1 saturated heterocycles. The van der Waals surface area contributed by atoms with Crippen LogP contribution in [0.1, 0.15) is 54.4 Å². The highest BCUT2D eigenvalue weighted by atomic mass is 16.5. The number of likely N-dealkylation sites (tertiary alicyclic amines) is 1. The molecule has 0 spiro atoms. The summed E-state index contributed by atoms with van der Waals surface area (Å²) in [6, 6.07) is 3.85. The second-order valence-corrected chi connectivity index (χ2v) is 8.50. The number of amides is 1. The molecule has 3 aromatic rings. The molecular formula is C24H30N6O2. The first-order chi connectivity index (χ1) is 15.5. The van der Waals surface area contributed by atoms with Gasteiger partial charge < -0.3 is 14.3 Å². The molecule has 1 amide bonds. The van der Waals surface area contributed by atoms with Crippen LogP contribution in [0.5, 0.6) is 0 Å². The minimum absolute atomic E-state index is 0.0780. The highest BCUT2D eigenvalue weighted by Gasteiger charge is 2.31. The third-order valence-electron chi connectivity index (χ3n) is 6.11. The average Bonchev–Trinajstić information content (AvgIpc) is 3.14. The first-order valence-electron chi connectivity index (χ1n) is 11.1. The van der Waals surface area contributed by atoms with Crippen LogP contribution in [0.4, 0.5) is 5.95 Å². The van der Waals surface area contributed by atoms with Crippen molar-refractivity contribution < 1.29 is 9.32 Å². The highest BCUT2D eigenvalue weighted by Crippen LogP contribution is 2.36. The standard InChI is InChI=1S/C24H30N6O2/c1-16-19(17(2)32-28-16)8-9-22(31)30-14-6-5-7-21(30)23-20(18-10-12-25-13-11-18)15-26-24(27-23)29(3)4/h10-13,15,21H,5-9,14H2,1-4H3/t21-/m0/s1. The summed E-state index contributed by atoms with van der Waals surface area (Å²) < 4.78 is 5.26. The van der Waals surface area contributed by atoms with Crippen LogP contribution in [0.2, 0.25) is 0 Å². The van der Waals surface area contributed by atoms with Crippen molar-refractivity contribution in [1.82, 2.24) is 25.0 Å². The Morgan fingerprint density at radius 2 is 2.00 bits per heavy atom. The van der Waals surface area contributed by atoms with E-state index in [2.05, 4.69) is 15.1 Å². The maximum absolute atomic E-state index is 13.4. The zero-order valence-electron chi connectivity index (χ0n) is 19.2. The molecule has 8 nitrogen and oxygen atoms in total. The van der Waals surface area contributed by atoms with Gasteiger partial charge in [0.2, 0.25) is 11.9 Å². The first kappa shape index (κ1) is 21.9. The van der Waals surface area contributed by atoms with Gasteiger partial charge >= 0.3 is 0 Å². The molecular weight excluding hydrogens is 404 g/mol. The molecule has 0 aliphatic carbocycles. The molecule has 4 heterocycles. The normalized spacial score (nSPS) is 16.2. The third kappa shape index (κ3) is 4.49. The van der Waals surface area contributed by atoms with Crippen molar-refractivity contribution in [1.29, 1.82) is 0 Å². The molecule has 8 heteroatoms. The Labute approximate surface area is 188 Å². The number of piperidine rings is 1. The Bertz CT molecular complexity index is 1060. The number of hydrogen-bond donors (Lipinski definition) is 0. The molecule has 1 fully saturated rings. The monoisotopic (exact) mass is 434 g/mol. The number of nitrogens with zero attached hydrogens (tertiary/aromatic N) is 6. The van der Waals surface area contributed by atoms with Crippen molar-refractivity contribution in [2.24, 2.45) is 0 Å². The number of aromatic nitrogens is 4. The molecule has 4 rings (SSSR count). The summed E-state index contributed by atoms with van der Waals surface area (Å²) in [6.45, 7) is 4.56. The van der Waals surface area contributed by atoms with E-state index in [1.165, 1.54) is 0 Å². The van der Waals surface area contributed by atoms with Gasteiger partial charge in [-0.2, -0.15) is 0 Å². The number of rotatable bonds is 6. The predicted octanol–water partition coefficient (Wildman–Crippen LogP) is 3.90. The molecule has 1 aliphatic rings. The Morgan fingerprint density at radius 1 is 1.22 bits per heavy atom. The van der Waals surface area contributed by atoms with Gasteiger partial charge in [0.15, 0.2) is 0 Å². The van der Waals surface area contributed by atoms with Crippen LogP contribution in [-0.2, 0) is 11.2 Å². The summed E-state index contributed by atoms with van der Waals surface area (Å²) in [5.74, 6) is 1.57. The summed E-state index contributed by atoms with van der Waals surface area (Å²) in [7, 11) is 3.86. The second-order valence-electron chi connectivity index (χ2n) is 8.50. The number of pyridine rings is 1. The average molecular weight is 435 g/mol. The summed E-state index contributed by atoms with van der Waals surface area (Å²) in [5.41, 5.74) is 4.75. The Kier molecular flexibility index (Phi) is 6.48. The summed E-state index contributed by atoms with van der Waals surface area (Å²) >= 11 is 0. The van der Waals surface area contributed by atoms with E-state index in [-0.39, 0.29) is 11.9 Å². The lowest BCUT2D eigenvalue weighted by molar-refractivity contribution is -0.135. The van der Waals surface area contributed by atoms with E-state index in [4.69, 9.17) is 9.51 Å². The molecule has 0 aromatic carbocycles. The minimum atomic E-state index is -0.0780. The van der Waals surface area contributed by atoms with Crippen LogP contribution < -0.4 is 4.90 Å². The van der Waals surface area contributed by atoms with E-state index < -0.39 is 0 Å². The van der Waals surface area contributed by atoms with Gasteiger partial charge in [-0.1, -0.05) is 5.16 Å². The molecule has 0 unspecified atom stereocenters. The summed E-state index contributed by atoms with van der Waals surface area (Å²) in [4.78, 5) is 30.9. The van der Waals surface area contributed by atoms with Crippen LogP contribution in [0.25, 0.3) is 11.1 Å². The topological polar surface area (TPSA) is 88.3 Å². The van der Waals surface area contributed by atoms with Crippen molar-refractivity contribution in [3.05, 3.63) is 53.4 Å². The number of carbonyl (C=O) groups is 1. The van der Waals surface area contributed by atoms with Crippen LogP contribution >= 0.6 is 0 Å². The van der Waals surface area contributed by atoms with E-state index in [0.29, 0.717) is 18.8 Å². The number of hydrogen-bond acceptors (Lipinski definition) is 7. The number of aryl methyl sites for hydroxylation is 2. The van der Waals surface area contributed by atoms with E-state index in [1.807, 2.05) is 56.1 Å². The zero-order valence-corrected chi connectivity index (χ0v) is 19.2. The van der Waals surface area contributed by atoms with Crippen LogP contribution in [0.15, 0.2) is 35.2 Å². The van der Waals surface area contributed by atoms with Crippen molar-refractivity contribution in [2.45, 2.75) is 52.0 Å². The largest absolute Gasteiger partial charge is 0.361 e. The van der Waals surface area contributed by atoms with Gasteiger partial charge in [0.25, 0.3) is 0 Å². The van der Waals surface area contributed by atoms with E-state index >= 15 is 0 Å². The van der Waals surface area contributed by atoms with Crippen molar-refractivity contribution >= 4 is 11.9 Å². The number of anilines is 1. The smallest absolute Gasteiger partial charge is 0.225 e. The van der Waals surface area contributed by atoms with E-state index in [1.54, 1.807) is 12.4 Å². The maximum atomic E-state index is 13.4. The lowest BCUT2D eigenvalue weighted by atomic mass is 9.93. The Morgan fingerprint density at radius 3 is 2.69 bits per heavy atom. The van der Waals surface area contributed by atoms with Gasteiger partial charge in [-0.15, -0.1) is 0 Å². The van der Waals surface area contributed by atoms with Gasteiger partial charge in [0.05, 0.1) is 17.4 Å². The summed E-state index contributed by atoms with van der Waals surface area (Å²) in [5, 5.41) is 4.01. The predicted molar refractivity (Wildman–Crippen MR) is 122 cm³/mol. The van der Waals surface area contributed by atoms with Crippen LogP contribution in [0.3, 0.4) is 0 Å². The molecule has 3 aromatic heterocycles. The molecule has 0 saturated carbocycles. The SMILES string of the molecule is Cc1noc(C)c1CCC(=O)N1CCCC[C@H]1c1nc(N(C)C)ncc1-c1ccncc1. The second kappa shape index (κ2) is 9.46. The molecule has 0 bridgehead atoms. The van der Waals surface area contributed by atoms with E-state index in [9.17, 15) is 4.79 Å². The molecule has 168 valence electrons. The lowest BCUT2D eigenvalue weighted by Crippen LogP contribution is -2.39. The van der Waals surface area contributed by atoms with Gasteiger partial charge in [0, 0.05) is 56.8 Å². The number of carbonyl (C=O) groups excluding carboxylic acids is 1. The molecule has 1 atom stereocenters.